The Bertz CT molecular complexity index is 757. The molecule has 0 aliphatic heterocycles. The largest absolute Gasteiger partial charge is 0.611 e. The molecule has 0 spiro atoms. The van der Waals surface area contributed by atoms with Gasteiger partial charge < -0.3 is 16.0 Å². The molecule has 4 N–H and O–H groups in total. The van der Waals surface area contributed by atoms with Crippen LogP contribution in [0.2, 0.25) is 0 Å². The predicted octanol–water partition coefficient (Wildman–Crippen LogP) is 1.36. The number of sulfone groups is 1. The SMILES string of the molecule is CCCCC[S+]([O-])c1cc(CC)c(C(=O)N=C(N)N)cc1S(C)(=O)=O. The minimum absolute atomic E-state index is 0.102. The summed E-state index contributed by atoms with van der Waals surface area (Å²) in [4.78, 5) is 15.8. The number of hydrogen-bond donors (Lipinski definition) is 2. The van der Waals surface area contributed by atoms with Crippen LogP contribution in [0.15, 0.2) is 26.9 Å². The van der Waals surface area contributed by atoms with Gasteiger partial charge in [-0.3, -0.25) is 4.79 Å². The van der Waals surface area contributed by atoms with Crippen molar-refractivity contribution >= 4 is 32.9 Å². The Kier molecular flexibility index (Phi) is 7.91. The van der Waals surface area contributed by atoms with Crippen molar-refractivity contribution in [3.63, 3.8) is 0 Å². The van der Waals surface area contributed by atoms with E-state index >= 15 is 0 Å². The molecule has 1 aromatic carbocycles. The molecule has 0 saturated heterocycles. The second-order valence-corrected chi connectivity index (χ2v) is 9.20. The van der Waals surface area contributed by atoms with Gasteiger partial charge in [0.15, 0.2) is 20.7 Å². The Morgan fingerprint density at radius 2 is 1.88 bits per heavy atom. The lowest BCUT2D eigenvalue weighted by Crippen LogP contribution is -2.24. The number of benzene rings is 1. The van der Waals surface area contributed by atoms with Gasteiger partial charge in [-0.25, -0.2) is 8.42 Å². The molecule has 1 unspecified atom stereocenters. The number of carbonyl (C=O) groups is 1. The van der Waals surface area contributed by atoms with Gasteiger partial charge in [0.2, 0.25) is 0 Å². The summed E-state index contributed by atoms with van der Waals surface area (Å²) >= 11 is -1.46. The highest BCUT2D eigenvalue weighted by Crippen LogP contribution is 2.28. The molecule has 1 amide bonds. The van der Waals surface area contributed by atoms with E-state index in [2.05, 4.69) is 4.99 Å². The van der Waals surface area contributed by atoms with Crippen molar-refractivity contribution < 1.29 is 17.8 Å². The summed E-state index contributed by atoms with van der Waals surface area (Å²) in [5, 5.41) is 0. The average molecular weight is 388 g/mol. The molecule has 0 aromatic heterocycles. The van der Waals surface area contributed by atoms with Gasteiger partial charge in [0.05, 0.1) is 0 Å². The summed E-state index contributed by atoms with van der Waals surface area (Å²) in [6, 6.07) is 2.75. The van der Waals surface area contributed by atoms with E-state index in [9.17, 15) is 17.8 Å². The zero-order chi connectivity index (χ0) is 19.2. The van der Waals surface area contributed by atoms with E-state index < -0.39 is 32.9 Å². The Labute approximate surface area is 152 Å². The lowest BCUT2D eigenvalue weighted by molar-refractivity contribution is 0.100. The molecule has 25 heavy (non-hydrogen) atoms. The second-order valence-electron chi connectivity index (χ2n) is 5.68. The first-order valence-electron chi connectivity index (χ1n) is 8.01. The summed E-state index contributed by atoms with van der Waals surface area (Å²) in [6.45, 7) is 3.84. The van der Waals surface area contributed by atoms with Gasteiger partial charge in [-0.2, -0.15) is 4.99 Å². The van der Waals surface area contributed by atoms with Gasteiger partial charge in [-0.05, 0) is 48.1 Å². The van der Waals surface area contributed by atoms with Gasteiger partial charge in [0, 0.05) is 11.8 Å². The Morgan fingerprint density at radius 3 is 2.36 bits per heavy atom. The van der Waals surface area contributed by atoms with Crippen molar-refractivity contribution in [2.75, 3.05) is 12.0 Å². The topological polar surface area (TPSA) is 139 Å². The number of carbonyl (C=O) groups excluding carboxylic acids is 1. The van der Waals surface area contributed by atoms with E-state index in [0.29, 0.717) is 17.7 Å². The zero-order valence-corrected chi connectivity index (χ0v) is 16.4. The predicted molar refractivity (Wildman–Crippen MR) is 99.9 cm³/mol. The molecule has 0 aliphatic carbocycles. The van der Waals surface area contributed by atoms with E-state index in [1.165, 1.54) is 12.1 Å². The van der Waals surface area contributed by atoms with Gasteiger partial charge in [-0.15, -0.1) is 0 Å². The van der Waals surface area contributed by atoms with Crippen LogP contribution in [0, 0.1) is 0 Å². The van der Waals surface area contributed by atoms with Crippen molar-refractivity contribution in [3.05, 3.63) is 23.3 Å². The molecule has 0 fully saturated rings. The number of rotatable bonds is 8. The number of hydrogen-bond acceptors (Lipinski definition) is 4. The average Bonchev–Trinajstić information content (AvgIpc) is 2.52. The van der Waals surface area contributed by atoms with Gasteiger partial charge in [0.1, 0.15) is 10.6 Å². The summed E-state index contributed by atoms with van der Waals surface area (Å²) in [7, 11) is -3.67. The Balaban J connectivity index is 3.48. The van der Waals surface area contributed by atoms with Crippen LogP contribution in [0.5, 0.6) is 0 Å². The third kappa shape index (κ3) is 6.02. The zero-order valence-electron chi connectivity index (χ0n) is 14.7. The molecule has 0 bridgehead atoms. The number of nitrogens with zero attached hydrogens (tertiary/aromatic N) is 1. The number of aryl methyl sites for hydroxylation is 1. The standard InChI is InChI=1S/C16H25N3O4S2/c1-4-6-7-8-24(21)13-9-11(5-2)12(15(20)19-16(17)18)10-14(13)25(3,22)23/h9-10H,4-8H2,1-3H3,(H4,17,18,19,20). The first-order valence-corrected chi connectivity index (χ1v) is 11.2. The van der Waals surface area contributed by atoms with Crippen LogP contribution in [-0.2, 0) is 27.4 Å². The molecular weight excluding hydrogens is 362 g/mol. The quantitative estimate of drug-likeness (QED) is 0.299. The molecule has 0 saturated carbocycles. The molecule has 1 aromatic rings. The summed E-state index contributed by atoms with van der Waals surface area (Å²) in [5.74, 6) is -0.744. The van der Waals surface area contributed by atoms with Crippen LogP contribution in [0.4, 0.5) is 0 Å². The number of unbranched alkanes of at least 4 members (excludes halogenated alkanes) is 2. The van der Waals surface area contributed by atoms with Crippen LogP contribution in [0.1, 0.15) is 49.0 Å². The maximum absolute atomic E-state index is 12.6. The molecule has 0 heterocycles. The molecule has 140 valence electrons. The highest BCUT2D eigenvalue weighted by atomic mass is 32.2. The van der Waals surface area contributed by atoms with Crippen LogP contribution in [0.25, 0.3) is 0 Å². The monoisotopic (exact) mass is 387 g/mol. The minimum atomic E-state index is -3.67. The molecule has 9 heteroatoms. The van der Waals surface area contributed by atoms with Crippen molar-refractivity contribution in [2.45, 2.75) is 49.3 Å². The minimum Gasteiger partial charge on any atom is -0.611 e. The second kappa shape index (κ2) is 9.21. The number of amides is 1. The molecule has 1 atom stereocenters. The third-order valence-corrected chi connectivity index (χ3v) is 6.34. The third-order valence-electron chi connectivity index (χ3n) is 3.59. The highest BCUT2D eigenvalue weighted by molar-refractivity contribution is 7.94. The van der Waals surface area contributed by atoms with E-state index in [1.807, 2.05) is 13.8 Å². The number of aliphatic imine (C=N–C) groups is 1. The lowest BCUT2D eigenvalue weighted by Gasteiger charge is -2.16. The smallest absolute Gasteiger partial charge is 0.280 e. The van der Waals surface area contributed by atoms with Gasteiger partial charge >= 0.3 is 0 Å². The van der Waals surface area contributed by atoms with Crippen molar-refractivity contribution in [3.8, 4) is 0 Å². The first kappa shape index (κ1) is 21.5. The van der Waals surface area contributed by atoms with Crippen LogP contribution in [-0.4, -0.2) is 36.8 Å². The van der Waals surface area contributed by atoms with Gasteiger partial charge in [-0.1, -0.05) is 20.3 Å². The van der Waals surface area contributed by atoms with Gasteiger partial charge in [0.25, 0.3) is 5.91 Å². The molecule has 0 aliphatic rings. The van der Waals surface area contributed by atoms with Crippen LogP contribution < -0.4 is 11.5 Å². The van der Waals surface area contributed by atoms with E-state index in [-0.39, 0.29) is 15.4 Å². The summed E-state index contributed by atoms with van der Waals surface area (Å²) in [5.41, 5.74) is 11.1. The Hall–Kier alpha value is -1.58. The Morgan fingerprint density at radius 1 is 1.24 bits per heavy atom. The van der Waals surface area contributed by atoms with Crippen LogP contribution >= 0.6 is 0 Å². The van der Waals surface area contributed by atoms with Crippen molar-refractivity contribution in [2.24, 2.45) is 16.5 Å². The van der Waals surface area contributed by atoms with E-state index in [4.69, 9.17) is 11.5 Å². The number of nitrogens with two attached hydrogens (primary N) is 2. The fourth-order valence-corrected chi connectivity index (χ4v) is 5.06. The van der Waals surface area contributed by atoms with E-state index in [0.717, 1.165) is 25.5 Å². The first-order chi connectivity index (χ1) is 11.6. The maximum atomic E-state index is 12.6. The molecule has 1 rings (SSSR count). The normalized spacial score (nSPS) is 12.6. The van der Waals surface area contributed by atoms with Crippen molar-refractivity contribution in [1.82, 2.24) is 0 Å². The van der Waals surface area contributed by atoms with Crippen molar-refractivity contribution in [1.29, 1.82) is 0 Å². The fourth-order valence-electron chi connectivity index (χ4n) is 2.33. The summed E-state index contributed by atoms with van der Waals surface area (Å²) < 4.78 is 36.9. The highest BCUT2D eigenvalue weighted by Gasteiger charge is 2.26. The van der Waals surface area contributed by atoms with E-state index in [1.54, 1.807) is 0 Å². The molecule has 7 nitrogen and oxygen atoms in total. The fraction of sp³-hybridized carbons (Fsp3) is 0.500. The summed E-state index contributed by atoms with van der Waals surface area (Å²) in [6.07, 6.45) is 4.10. The van der Waals surface area contributed by atoms with Crippen LogP contribution in [0.3, 0.4) is 0 Å². The lowest BCUT2D eigenvalue weighted by atomic mass is 10.0. The molecule has 0 radical (unpaired) electrons. The number of guanidine groups is 1. The molecular formula is C16H25N3O4S2. The maximum Gasteiger partial charge on any atom is 0.280 e.